The minimum Gasteiger partial charge on any atom is -0.299 e. The topological polar surface area (TPSA) is 37.4 Å². The van der Waals surface area contributed by atoms with E-state index in [-0.39, 0.29) is 5.75 Å². The monoisotopic (exact) mass is 267 g/mol. The fraction of sp³-hybridized carbons (Fsp3) is 1.00. The first-order valence-corrected chi connectivity index (χ1v) is 8.45. The van der Waals surface area contributed by atoms with Gasteiger partial charge in [0.2, 0.25) is 0 Å². The van der Waals surface area contributed by atoms with E-state index in [2.05, 4.69) is 4.90 Å². The van der Waals surface area contributed by atoms with E-state index < -0.39 is 9.84 Å². The Bertz CT molecular complexity index is 288. The van der Waals surface area contributed by atoms with Crippen molar-refractivity contribution < 1.29 is 8.42 Å². The summed E-state index contributed by atoms with van der Waals surface area (Å²) >= 11 is 5.76. The zero-order valence-corrected chi connectivity index (χ0v) is 11.6. The number of rotatable bonds is 8. The second-order valence-corrected chi connectivity index (χ2v) is 7.25. The molecule has 1 fully saturated rings. The molecule has 0 radical (unpaired) electrons. The van der Waals surface area contributed by atoms with Gasteiger partial charge in [0, 0.05) is 24.2 Å². The molecule has 0 aliphatic heterocycles. The molecule has 0 unspecified atom stereocenters. The van der Waals surface area contributed by atoms with Crippen LogP contribution in [0.5, 0.6) is 0 Å². The Balaban J connectivity index is 2.27. The lowest BCUT2D eigenvalue weighted by Gasteiger charge is -2.37. The number of nitrogens with zero attached hydrogens (tertiary/aromatic N) is 1. The highest BCUT2D eigenvalue weighted by Crippen LogP contribution is 2.24. The molecule has 0 atom stereocenters. The number of hydrogen-bond donors (Lipinski definition) is 0. The van der Waals surface area contributed by atoms with Crippen molar-refractivity contribution in [1.82, 2.24) is 4.90 Å². The molecule has 5 heteroatoms. The Morgan fingerprint density at radius 1 is 1.31 bits per heavy atom. The van der Waals surface area contributed by atoms with Crippen molar-refractivity contribution in [2.75, 3.05) is 30.5 Å². The Hall–Kier alpha value is 0.200. The molecule has 1 aliphatic rings. The van der Waals surface area contributed by atoms with Gasteiger partial charge in [-0.1, -0.05) is 13.3 Å². The molecule has 0 heterocycles. The van der Waals surface area contributed by atoms with E-state index in [0.717, 1.165) is 19.5 Å². The van der Waals surface area contributed by atoms with E-state index in [4.69, 9.17) is 11.6 Å². The first-order valence-electron chi connectivity index (χ1n) is 6.09. The van der Waals surface area contributed by atoms with Crippen LogP contribution in [0.1, 0.15) is 32.6 Å². The van der Waals surface area contributed by atoms with Crippen molar-refractivity contribution in [1.29, 1.82) is 0 Å². The minimum atomic E-state index is -2.80. The zero-order chi connectivity index (χ0) is 12.0. The van der Waals surface area contributed by atoms with Gasteiger partial charge in [-0.15, -0.1) is 11.6 Å². The van der Waals surface area contributed by atoms with E-state index in [1.807, 2.05) is 0 Å². The number of alkyl halides is 1. The lowest BCUT2D eigenvalue weighted by atomic mass is 9.91. The largest absolute Gasteiger partial charge is 0.299 e. The van der Waals surface area contributed by atoms with Gasteiger partial charge in [-0.2, -0.15) is 0 Å². The quantitative estimate of drug-likeness (QED) is 0.631. The van der Waals surface area contributed by atoms with Gasteiger partial charge in [0.25, 0.3) is 0 Å². The van der Waals surface area contributed by atoms with Crippen LogP contribution >= 0.6 is 11.6 Å². The highest BCUT2D eigenvalue weighted by molar-refractivity contribution is 7.91. The summed E-state index contributed by atoms with van der Waals surface area (Å²) in [7, 11) is -2.80. The average molecular weight is 268 g/mol. The van der Waals surface area contributed by atoms with Crippen LogP contribution in [0, 0.1) is 0 Å². The van der Waals surface area contributed by atoms with Gasteiger partial charge in [0.1, 0.15) is 9.84 Å². The van der Waals surface area contributed by atoms with Gasteiger partial charge in [-0.25, -0.2) is 8.42 Å². The molecule has 96 valence electrons. The van der Waals surface area contributed by atoms with Gasteiger partial charge in [-0.3, -0.25) is 4.90 Å². The molecule has 1 rings (SSSR count). The van der Waals surface area contributed by atoms with Gasteiger partial charge < -0.3 is 0 Å². The van der Waals surface area contributed by atoms with Crippen molar-refractivity contribution in [3.8, 4) is 0 Å². The first kappa shape index (κ1) is 14.3. The summed E-state index contributed by atoms with van der Waals surface area (Å²) in [6.45, 7) is 3.47. The number of halogens is 1. The third-order valence-electron chi connectivity index (χ3n) is 3.30. The lowest BCUT2D eigenvalue weighted by molar-refractivity contribution is 0.135. The SMILES string of the molecule is CCS(=O)(=O)CCCN(CCCl)C1CCC1. The fourth-order valence-corrected chi connectivity index (χ4v) is 3.04. The van der Waals surface area contributed by atoms with Crippen LogP contribution in [0.15, 0.2) is 0 Å². The predicted octanol–water partition coefficient (Wildman–Crippen LogP) is 1.90. The average Bonchev–Trinajstić information content (AvgIpc) is 2.15. The van der Waals surface area contributed by atoms with Crippen LogP contribution in [0.2, 0.25) is 0 Å². The zero-order valence-electron chi connectivity index (χ0n) is 9.99. The summed E-state index contributed by atoms with van der Waals surface area (Å²) in [4.78, 5) is 2.35. The van der Waals surface area contributed by atoms with Crippen molar-refractivity contribution in [2.45, 2.75) is 38.6 Å². The second-order valence-electron chi connectivity index (χ2n) is 4.40. The Labute approximate surface area is 104 Å². The molecule has 0 aromatic heterocycles. The number of hydrogen-bond acceptors (Lipinski definition) is 3. The first-order chi connectivity index (χ1) is 7.59. The number of sulfone groups is 1. The van der Waals surface area contributed by atoms with Crippen LogP contribution in [0.3, 0.4) is 0 Å². The predicted molar refractivity (Wildman–Crippen MR) is 68.9 cm³/mol. The van der Waals surface area contributed by atoms with Crippen molar-refractivity contribution in [3.63, 3.8) is 0 Å². The maximum absolute atomic E-state index is 11.3. The third-order valence-corrected chi connectivity index (χ3v) is 5.26. The molecule has 0 N–H and O–H groups in total. The molecule has 0 amide bonds. The summed E-state index contributed by atoms with van der Waals surface area (Å²) in [6, 6.07) is 0.656. The van der Waals surface area contributed by atoms with Crippen molar-refractivity contribution in [3.05, 3.63) is 0 Å². The van der Waals surface area contributed by atoms with Gasteiger partial charge in [0.05, 0.1) is 5.75 Å². The molecular weight excluding hydrogens is 246 g/mol. The van der Waals surface area contributed by atoms with Crippen molar-refractivity contribution >= 4 is 21.4 Å². The van der Waals surface area contributed by atoms with E-state index in [1.54, 1.807) is 6.92 Å². The maximum Gasteiger partial charge on any atom is 0.150 e. The summed E-state index contributed by atoms with van der Waals surface area (Å²) < 4.78 is 22.7. The van der Waals surface area contributed by atoms with Crippen LogP contribution in [0.4, 0.5) is 0 Å². The molecule has 16 heavy (non-hydrogen) atoms. The Kier molecular flexibility index (Phi) is 6.08. The summed E-state index contributed by atoms with van der Waals surface area (Å²) in [6.07, 6.45) is 4.54. The smallest absolute Gasteiger partial charge is 0.150 e. The summed E-state index contributed by atoms with van der Waals surface area (Å²) in [5, 5.41) is 0. The molecule has 0 spiro atoms. The van der Waals surface area contributed by atoms with Gasteiger partial charge in [0.15, 0.2) is 0 Å². The molecule has 0 bridgehead atoms. The van der Waals surface area contributed by atoms with E-state index in [0.29, 0.717) is 17.7 Å². The molecule has 3 nitrogen and oxygen atoms in total. The molecule has 0 saturated heterocycles. The summed E-state index contributed by atoms with van der Waals surface area (Å²) in [5.41, 5.74) is 0. The van der Waals surface area contributed by atoms with E-state index >= 15 is 0 Å². The van der Waals surface area contributed by atoms with Crippen LogP contribution in [-0.2, 0) is 9.84 Å². The molecule has 0 aromatic carbocycles. The van der Waals surface area contributed by atoms with Crippen LogP contribution < -0.4 is 0 Å². The Morgan fingerprint density at radius 3 is 2.44 bits per heavy atom. The van der Waals surface area contributed by atoms with Gasteiger partial charge in [-0.05, 0) is 25.8 Å². The van der Waals surface area contributed by atoms with E-state index in [9.17, 15) is 8.42 Å². The third kappa shape index (κ3) is 4.60. The minimum absolute atomic E-state index is 0.256. The highest BCUT2D eigenvalue weighted by Gasteiger charge is 2.24. The fourth-order valence-electron chi connectivity index (χ4n) is 1.97. The molecular formula is C11H22ClNO2S. The highest BCUT2D eigenvalue weighted by atomic mass is 35.5. The molecule has 1 saturated carbocycles. The molecule has 0 aromatic rings. The summed E-state index contributed by atoms with van der Waals surface area (Å²) in [5.74, 6) is 1.21. The maximum atomic E-state index is 11.3. The van der Waals surface area contributed by atoms with Crippen LogP contribution in [0.25, 0.3) is 0 Å². The molecule has 1 aliphatic carbocycles. The normalized spacial score (nSPS) is 17.7. The second kappa shape index (κ2) is 6.82. The van der Waals surface area contributed by atoms with Gasteiger partial charge >= 0.3 is 0 Å². The van der Waals surface area contributed by atoms with Crippen LogP contribution in [-0.4, -0.2) is 49.8 Å². The van der Waals surface area contributed by atoms with E-state index in [1.165, 1.54) is 19.3 Å². The lowest BCUT2D eigenvalue weighted by Crippen LogP contribution is -2.42. The van der Waals surface area contributed by atoms with Crippen molar-refractivity contribution in [2.24, 2.45) is 0 Å². The Morgan fingerprint density at radius 2 is 2.00 bits per heavy atom. The standard InChI is InChI=1S/C11H22ClNO2S/c1-2-16(14,15)10-4-8-13(9-7-12)11-5-3-6-11/h11H,2-10H2,1H3.